The number of benzene rings is 1. The van der Waals surface area contributed by atoms with Gasteiger partial charge in [-0.1, -0.05) is 61.7 Å². The normalized spacial score (nSPS) is 11.5. The number of amides is 1. The van der Waals surface area contributed by atoms with Crippen LogP contribution in [0.1, 0.15) is 24.2 Å². The average molecular weight is 412 g/mol. The van der Waals surface area contributed by atoms with Crippen LogP contribution in [0.4, 0.5) is 0 Å². The monoisotopic (exact) mass is 411 g/mol. The number of hydrogen-bond acceptors (Lipinski definition) is 3. The van der Waals surface area contributed by atoms with E-state index in [0.717, 1.165) is 0 Å². The molecule has 29 heavy (non-hydrogen) atoms. The lowest BCUT2D eigenvalue weighted by Gasteiger charge is -2.21. The van der Waals surface area contributed by atoms with Crippen molar-refractivity contribution in [3.05, 3.63) is 102 Å². The van der Waals surface area contributed by atoms with Gasteiger partial charge in [-0.3, -0.25) is 9.59 Å². The zero-order valence-corrected chi connectivity index (χ0v) is 17.8. The van der Waals surface area contributed by atoms with E-state index in [4.69, 9.17) is 16.3 Å². The zero-order chi connectivity index (χ0) is 22.0. The predicted molar refractivity (Wildman–Crippen MR) is 120 cm³/mol. The average Bonchev–Trinajstić information content (AvgIpc) is 2.69. The molecule has 1 aromatic carbocycles. The molecule has 0 aliphatic rings. The molecule has 0 bridgehead atoms. The minimum atomic E-state index is -0.335. The molecule has 5 heteroatoms. The van der Waals surface area contributed by atoms with Crippen LogP contribution < -0.4 is 4.74 Å². The van der Waals surface area contributed by atoms with Crippen molar-refractivity contribution in [3.8, 4) is 5.75 Å². The zero-order valence-electron chi connectivity index (χ0n) is 17.1. The third-order valence-corrected chi connectivity index (χ3v) is 4.11. The number of ketones is 1. The maximum absolute atomic E-state index is 12.7. The van der Waals surface area contributed by atoms with Crippen LogP contribution >= 0.6 is 11.6 Å². The van der Waals surface area contributed by atoms with Crippen LogP contribution in [-0.4, -0.2) is 30.2 Å². The van der Waals surface area contributed by atoms with Gasteiger partial charge in [-0.15, -0.1) is 0 Å². The molecule has 0 N–H and O–H groups in total. The summed E-state index contributed by atoms with van der Waals surface area (Å²) in [6.07, 6.45) is 10.2. The van der Waals surface area contributed by atoms with E-state index in [1.807, 2.05) is 13.0 Å². The Kier molecular flexibility index (Phi) is 9.63. The third kappa shape index (κ3) is 7.09. The quantitative estimate of drug-likeness (QED) is 0.282. The van der Waals surface area contributed by atoms with Crippen LogP contribution in [0.2, 0.25) is 5.02 Å². The molecule has 0 atom stereocenters. The second-order valence-corrected chi connectivity index (χ2v) is 6.63. The van der Waals surface area contributed by atoms with E-state index in [1.165, 1.54) is 11.0 Å². The molecule has 1 aromatic rings. The van der Waals surface area contributed by atoms with Crippen LogP contribution in [0.15, 0.2) is 91.2 Å². The number of hydrogen-bond donors (Lipinski definition) is 0. The molecule has 0 aliphatic heterocycles. The molecule has 0 spiro atoms. The van der Waals surface area contributed by atoms with Crippen molar-refractivity contribution in [1.29, 1.82) is 0 Å². The summed E-state index contributed by atoms with van der Waals surface area (Å²) in [6.45, 7) is 14.7. The van der Waals surface area contributed by atoms with Crippen molar-refractivity contribution >= 4 is 23.3 Å². The van der Waals surface area contributed by atoms with E-state index in [0.29, 0.717) is 16.3 Å². The summed E-state index contributed by atoms with van der Waals surface area (Å²) in [5.74, 6) is -0.384. The summed E-state index contributed by atoms with van der Waals surface area (Å²) < 4.78 is 5.65. The van der Waals surface area contributed by atoms with Gasteiger partial charge < -0.3 is 9.64 Å². The molecule has 152 valence electrons. The standard InChI is InChI=1S/C24H26ClNO3/c1-7-9-10-12-18(5)24(28)20-15-19(25)13-14-22(20)29-16-23(27)26(6)21(11-8-2)17(3)4/h7-15H,2-3,5,16H2,1,4,6H3/b9-7-,12-10-,21-11+. The van der Waals surface area contributed by atoms with Gasteiger partial charge in [0.1, 0.15) is 5.75 Å². The number of carbonyl (C=O) groups is 2. The summed E-state index contributed by atoms with van der Waals surface area (Å²) in [4.78, 5) is 26.7. The summed E-state index contributed by atoms with van der Waals surface area (Å²) >= 11 is 6.05. The Morgan fingerprint density at radius 3 is 2.52 bits per heavy atom. The molecule has 0 aromatic heterocycles. The summed E-state index contributed by atoms with van der Waals surface area (Å²) in [6, 6.07) is 4.65. The molecular weight excluding hydrogens is 386 g/mol. The highest BCUT2D eigenvalue weighted by molar-refractivity contribution is 6.31. The fraction of sp³-hybridized carbons (Fsp3) is 0.167. The summed E-state index contributed by atoms with van der Waals surface area (Å²) in [7, 11) is 1.62. The number of nitrogens with zero attached hydrogens (tertiary/aromatic N) is 1. The van der Waals surface area contributed by atoms with Gasteiger partial charge in [0.2, 0.25) is 0 Å². The maximum Gasteiger partial charge on any atom is 0.264 e. The van der Waals surface area contributed by atoms with E-state index in [-0.39, 0.29) is 35.2 Å². The van der Waals surface area contributed by atoms with Crippen LogP contribution in [0.3, 0.4) is 0 Å². The predicted octanol–water partition coefficient (Wildman–Crippen LogP) is 5.69. The number of allylic oxidation sites excluding steroid dienone is 8. The van der Waals surface area contributed by atoms with E-state index in [2.05, 4.69) is 19.7 Å². The number of rotatable bonds is 10. The fourth-order valence-corrected chi connectivity index (χ4v) is 2.53. The van der Waals surface area contributed by atoms with Crippen molar-refractivity contribution in [2.24, 2.45) is 0 Å². The Bertz CT molecular complexity index is 907. The summed E-state index contributed by atoms with van der Waals surface area (Å²) in [5, 5.41) is 0.382. The Morgan fingerprint density at radius 1 is 1.24 bits per heavy atom. The van der Waals surface area contributed by atoms with E-state index in [1.54, 1.807) is 56.5 Å². The molecule has 0 fully saturated rings. The van der Waals surface area contributed by atoms with Gasteiger partial charge in [0.25, 0.3) is 5.91 Å². The minimum absolute atomic E-state index is 0.241. The first-order chi connectivity index (χ1) is 13.7. The van der Waals surface area contributed by atoms with Gasteiger partial charge in [-0.2, -0.15) is 0 Å². The number of likely N-dealkylation sites (N-methyl/N-ethyl adjacent to an activating group) is 1. The van der Waals surface area contributed by atoms with Crippen molar-refractivity contribution in [2.75, 3.05) is 13.7 Å². The second kappa shape index (κ2) is 11.7. The van der Waals surface area contributed by atoms with Crippen molar-refractivity contribution in [3.63, 3.8) is 0 Å². The van der Waals surface area contributed by atoms with Gasteiger partial charge in [0.15, 0.2) is 12.4 Å². The second-order valence-electron chi connectivity index (χ2n) is 6.19. The van der Waals surface area contributed by atoms with Crippen molar-refractivity contribution < 1.29 is 14.3 Å². The highest BCUT2D eigenvalue weighted by Gasteiger charge is 2.18. The molecule has 0 unspecified atom stereocenters. The molecule has 0 aliphatic carbocycles. The maximum atomic E-state index is 12.7. The molecule has 0 saturated heterocycles. The topological polar surface area (TPSA) is 46.6 Å². The first-order valence-corrected chi connectivity index (χ1v) is 9.31. The fourth-order valence-electron chi connectivity index (χ4n) is 2.36. The summed E-state index contributed by atoms with van der Waals surface area (Å²) in [5.41, 5.74) is 1.86. The first-order valence-electron chi connectivity index (χ1n) is 8.93. The van der Waals surface area contributed by atoms with Gasteiger partial charge >= 0.3 is 0 Å². The van der Waals surface area contributed by atoms with E-state index >= 15 is 0 Å². The van der Waals surface area contributed by atoms with Gasteiger partial charge in [0, 0.05) is 23.3 Å². The number of ether oxygens (including phenoxy) is 1. The smallest absolute Gasteiger partial charge is 0.264 e. The van der Waals surface area contributed by atoms with Crippen LogP contribution in [0.5, 0.6) is 5.75 Å². The molecule has 0 radical (unpaired) electrons. The molecule has 1 amide bonds. The van der Waals surface area contributed by atoms with Crippen molar-refractivity contribution in [1.82, 2.24) is 4.90 Å². The minimum Gasteiger partial charge on any atom is -0.483 e. The van der Waals surface area contributed by atoms with Gasteiger partial charge in [-0.25, -0.2) is 0 Å². The molecule has 4 nitrogen and oxygen atoms in total. The Hall–Kier alpha value is -3.11. The van der Waals surface area contributed by atoms with Crippen LogP contribution in [0, 0.1) is 0 Å². The van der Waals surface area contributed by atoms with Gasteiger partial charge in [0.05, 0.1) is 5.56 Å². The van der Waals surface area contributed by atoms with Crippen molar-refractivity contribution in [2.45, 2.75) is 13.8 Å². The Labute approximate surface area is 177 Å². The Morgan fingerprint density at radius 2 is 1.93 bits per heavy atom. The third-order valence-electron chi connectivity index (χ3n) is 3.88. The molecule has 0 heterocycles. The Balaban J connectivity index is 3.03. The largest absolute Gasteiger partial charge is 0.483 e. The van der Waals surface area contributed by atoms with Crippen LogP contribution in [0.25, 0.3) is 0 Å². The number of Topliss-reactive ketones (excluding diaryl/α,β-unsaturated/α-hetero) is 1. The SMILES string of the molecule is C=C/C=C(\C(=C)C)N(C)C(=O)COc1ccc(Cl)cc1C(=O)C(=C)/C=C\C=C/C. The van der Waals surface area contributed by atoms with Gasteiger partial charge in [-0.05, 0) is 43.7 Å². The molecule has 1 rings (SSSR count). The molecule has 0 saturated carbocycles. The van der Waals surface area contributed by atoms with Crippen LogP contribution in [-0.2, 0) is 4.79 Å². The molecular formula is C24H26ClNO3. The number of carbonyl (C=O) groups excluding carboxylic acids is 2. The lowest BCUT2D eigenvalue weighted by atomic mass is 10.0. The van der Waals surface area contributed by atoms with E-state index in [9.17, 15) is 9.59 Å². The lowest BCUT2D eigenvalue weighted by molar-refractivity contribution is -0.130. The first kappa shape index (κ1) is 23.9. The number of halogens is 1. The van der Waals surface area contributed by atoms with E-state index < -0.39 is 0 Å². The highest BCUT2D eigenvalue weighted by atomic mass is 35.5. The lowest BCUT2D eigenvalue weighted by Crippen LogP contribution is -2.31. The highest BCUT2D eigenvalue weighted by Crippen LogP contribution is 2.26.